The fourth-order valence-corrected chi connectivity index (χ4v) is 4.70. The van der Waals surface area contributed by atoms with Gasteiger partial charge in [-0.2, -0.15) is 11.8 Å². The van der Waals surface area contributed by atoms with Crippen molar-refractivity contribution in [2.75, 3.05) is 31.1 Å². The summed E-state index contributed by atoms with van der Waals surface area (Å²) in [4.78, 5) is 11.7. The van der Waals surface area contributed by atoms with Crippen molar-refractivity contribution in [3.63, 3.8) is 0 Å². The molecule has 0 spiro atoms. The molecule has 4 nitrogen and oxygen atoms in total. The lowest BCUT2D eigenvalue weighted by Gasteiger charge is -2.32. The van der Waals surface area contributed by atoms with Gasteiger partial charge in [0.2, 0.25) is 0 Å². The van der Waals surface area contributed by atoms with Crippen LogP contribution < -0.4 is 4.74 Å². The van der Waals surface area contributed by atoms with Crippen molar-refractivity contribution < 1.29 is 18.5 Å². The maximum atomic E-state index is 11.9. The third-order valence-corrected chi connectivity index (χ3v) is 5.35. The number of carbonyl (C=O) groups excluding carboxylic acids is 1. The van der Waals surface area contributed by atoms with Crippen molar-refractivity contribution >= 4 is 39.3 Å². The van der Waals surface area contributed by atoms with Gasteiger partial charge in [0.15, 0.2) is 5.60 Å². The van der Waals surface area contributed by atoms with Crippen LogP contribution in [-0.4, -0.2) is 41.3 Å². The van der Waals surface area contributed by atoms with E-state index in [1.54, 1.807) is 25.1 Å². The van der Waals surface area contributed by atoms with Gasteiger partial charge >= 0.3 is 5.97 Å². The second-order valence-corrected chi connectivity index (χ2v) is 7.97. The van der Waals surface area contributed by atoms with Gasteiger partial charge in [0.25, 0.3) is 0 Å². The summed E-state index contributed by atoms with van der Waals surface area (Å²) in [5.74, 6) is 1.24. The summed E-state index contributed by atoms with van der Waals surface area (Å²) < 4.78 is 22.9. The van der Waals surface area contributed by atoms with Crippen molar-refractivity contribution in [3.8, 4) is 5.75 Å². The molecule has 0 saturated carbocycles. The number of rotatable bonds is 7. The van der Waals surface area contributed by atoms with E-state index in [1.807, 2.05) is 42.7 Å². The highest BCUT2D eigenvalue weighted by Crippen LogP contribution is 2.33. The Morgan fingerprint density at radius 2 is 1.88 bits per heavy atom. The van der Waals surface area contributed by atoms with Gasteiger partial charge in [-0.3, -0.25) is 9.00 Å². The van der Waals surface area contributed by atoms with E-state index in [0.29, 0.717) is 5.75 Å². The van der Waals surface area contributed by atoms with Gasteiger partial charge in [0.05, 0.1) is 12.9 Å². The lowest BCUT2D eigenvalue weighted by atomic mass is 9.94. The maximum Gasteiger partial charge on any atom is 0.303 e. The first-order chi connectivity index (χ1) is 11.4. The Labute approximate surface area is 149 Å². The molecule has 0 saturated heterocycles. The predicted octanol–water partition coefficient (Wildman–Crippen LogP) is 3.35. The standard InChI is InChI=1S/C18H22O4S2/c1-13(19)22-18(11-23-3,12-24(4)20)16-7-5-15-10-17(21-2)8-6-14(15)9-16/h5-10H,11-12H2,1-4H3. The first-order valence-corrected chi connectivity index (χ1v) is 10.6. The minimum Gasteiger partial charge on any atom is -0.497 e. The van der Waals surface area contributed by atoms with E-state index in [9.17, 15) is 9.00 Å². The molecule has 0 radical (unpaired) electrons. The molecule has 2 unspecified atom stereocenters. The molecular weight excluding hydrogens is 344 g/mol. The second-order valence-electron chi connectivity index (χ2n) is 5.67. The number of ether oxygens (including phenoxy) is 2. The lowest BCUT2D eigenvalue weighted by molar-refractivity contribution is -0.153. The Morgan fingerprint density at radius 3 is 2.46 bits per heavy atom. The van der Waals surface area contributed by atoms with Crippen molar-refractivity contribution in [1.82, 2.24) is 0 Å². The highest BCUT2D eigenvalue weighted by Gasteiger charge is 2.36. The van der Waals surface area contributed by atoms with E-state index in [1.165, 1.54) is 6.92 Å². The number of esters is 1. The molecule has 2 aromatic rings. The van der Waals surface area contributed by atoms with E-state index in [-0.39, 0.29) is 11.7 Å². The van der Waals surface area contributed by atoms with Crippen LogP contribution in [0.3, 0.4) is 0 Å². The van der Waals surface area contributed by atoms with Crippen LogP contribution in [0.5, 0.6) is 5.75 Å². The Bertz CT molecular complexity index is 742. The predicted molar refractivity (Wildman–Crippen MR) is 101 cm³/mol. The van der Waals surface area contributed by atoms with E-state index >= 15 is 0 Å². The number of methoxy groups -OCH3 is 1. The fourth-order valence-electron chi connectivity index (χ4n) is 2.80. The van der Waals surface area contributed by atoms with Crippen LogP contribution in [-0.2, 0) is 25.9 Å². The molecule has 0 fully saturated rings. The van der Waals surface area contributed by atoms with Gasteiger partial charge in [-0.1, -0.05) is 18.2 Å². The molecule has 0 bridgehead atoms. The molecule has 0 amide bonds. The van der Waals surface area contributed by atoms with E-state index < -0.39 is 16.4 Å². The summed E-state index contributed by atoms with van der Waals surface area (Å²) in [5, 5.41) is 2.06. The smallest absolute Gasteiger partial charge is 0.303 e. The Balaban J connectivity index is 2.56. The number of thioether (sulfide) groups is 1. The molecule has 0 N–H and O–H groups in total. The minimum absolute atomic E-state index is 0.273. The fraction of sp³-hybridized carbons (Fsp3) is 0.389. The number of hydrogen-bond donors (Lipinski definition) is 0. The number of benzene rings is 2. The van der Waals surface area contributed by atoms with Crippen LogP contribution in [0.25, 0.3) is 10.8 Å². The maximum absolute atomic E-state index is 11.9. The number of carbonyl (C=O) groups is 1. The molecule has 130 valence electrons. The van der Waals surface area contributed by atoms with Gasteiger partial charge in [-0.05, 0) is 40.8 Å². The van der Waals surface area contributed by atoms with Crippen molar-refractivity contribution in [2.45, 2.75) is 12.5 Å². The first-order valence-electron chi connectivity index (χ1n) is 7.47. The first kappa shape index (κ1) is 18.8. The summed E-state index contributed by atoms with van der Waals surface area (Å²) in [6, 6.07) is 11.7. The topological polar surface area (TPSA) is 52.6 Å². The Hall–Kier alpha value is -1.53. The molecular formula is C18H22O4S2. The van der Waals surface area contributed by atoms with Gasteiger partial charge < -0.3 is 9.47 Å². The number of fused-ring (bicyclic) bond motifs is 1. The van der Waals surface area contributed by atoms with Gasteiger partial charge in [0.1, 0.15) is 5.75 Å². The van der Waals surface area contributed by atoms with Crippen molar-refractivity contribution in [2.24, 2.45) is 0 Å². The SMILES string of the molecule is COc1ccc2cc(C(CSC)(CS(C)=O)OC(C)=O)ccc2c1. The zero-order chi connectivity index (χ0) is 17.7. The molecule has 0 heterocycles. The zero-order valence-electron chi connectivity index (χ0n) is 14.3. The Kier molecular flexibility index (Phi) is 6.29. The van der Waals surface area contributed by atoms with Crippen LogP contribution in [0.2, 0.25) is 0 Å². The molecule has 24 heavy (non-hydrogen) atoms. The van der Waals surface area contributed by atoms with Crippen molar-refractivity contribution in [3.05, 3.63) is 42.0 Å². The van der Waals surface area contributed by atoms with E-state index in [0.717, 1.165) is 22.1 Å². The average molecular weight is 367 g/mol. The quantitative estimate of drug-likeness (QED) is 0.704. The molecule has 0 aliphatic heterocycles. The third-order valence-electron chi connectivity index (χ3n) is 3.73. The Morgan fingerprint density at radius 1 is 1.21 bits per heavy atom. The van der Waals surface area contributed by atoms with E-state index in [2.05, 4.69) is 0 Å². The average Bonchev–Trinajstić information content (AvgIpc) is 2.52. The summed E-state index contributed by atoms with van der Waals surface area (Å²) >= 11 is 1.57. The largest absolute Gasteiger partial charge is 0.497 e. The van der Waals surface area contributed by atoms with E-state index in [4.69, 9.17) is 9.47 Å². The van der Waals surface area contributed by atoms with Gasteiger partial charge in [-0.25, -0.2) is 0 Å². The third kappa shape index (κ3) is 4.30. The summed E-state index contributed by atoms with van der Waals surface area (Å²) in [6.07, 6.45) is 3.58. The molecule has 2 rings (SSSR count). The summed E-state index contributed by atoms with van der Waals surface area (Å²) in [6.45, 7) is 1.39. The van der Waals surface area contributed by atoms with Gasteiger partial charge in [0, 0.05) is 29.7 Å². The summed E-state index contributed by atoms with van der Waals surface area (Å²) in [5.41, 5.74) is -0.0289. The second kappa shape index (κ2) is 8.03. The molecule has 0 aliphatic rings. The van der Waals surface area contributed by atoms with Crippen LogP contribution >= 0.6 is 11.8 Å². The normalized spacial score (nSPS) is 14.8. The molecule has 2 aromatic carbocycles. The lowest BCUT2D eigenvalue weighted by Crippen LogP contribution is -2.39. The molecule has 0 aromatic heterocycles. The highest BCUT2D eigenvalue weighted by molar-refractivity contribution is 7.98. The minimum atomic E-state index is -1.10. The van der Waals surface area contributed by atoms with Crippen LogP contribution in [0, 0.1) is 0 Å². The monoisotopic (exact) mass is 366 g/mol. The molecule has 2 atom stereocenters. The highest BCUT2D eigenvalue weighted by atomic mass is 32.2. The molecule has 6 heteroatoms. The van der Waals surface area contributed by atoms with Crippen LogP contribution in [0.4, 0.5) is 0 Å². The van der Waals surface area contributed by atoms with Crippen LogP contribution in [0.15, 0.2) is 36.4 Å². The number of hydrogen-bond acceptors (Lipinski definition) is 5. The molecule has 0 aliphatic carbocycles. The van der Waals surface area contributed by atoms with Crippen molar-refractivity contribution in [1.29, 1.82) is 0 Å². The van der Waals surface area contributed by atoms with Crippen LogP contribution in [0.1, 0.15) is 12.5 Å². The summed E-state index contributed by atoms with van der Waals surface area (Å²) in [7, 11) is 0.532. The van der Waals surface area contributed by atoms with Gasteiger partial charge in [-0.15, -0.1) is 0 Å². The zero-order valence-corrected chi connectivity index (χ0v) is 16.0.